The number of nitro groups is 1. The summed E-state index contributed by atoms with van der Waals surface area (Å²) in [5.74, 6) is -1.40. The average Bonchev–Trinajstić information content (AvgIpc) is 2.48. The van der Waals surface area contributed by atoms with Crippen molar-refractivity contribution in [3.05, 3.63) is 67.9 Å². The zero-order valence-electron chi connectivity index (χ0n) is 11.7. The molecule has 0 saturated heterocycles. The van der Waals surface area contributed by atoms with Crippen molar-refractivity contribution >= 4 is 57.8 Å². The van der Waals surface area contributed by atoms with Crippen LogP contribution in [0.1, 0.15) is 10.4 Å². The van der Waals surface area contributed by atoms with E-state index in [1.54, 1.807) is 0 Å². The lowest BCUT2D eigenvalue weighted by molar-refractivity contribution is -0.384. The monoisotopic (exact) mass is 387 g/mol. The highest BCUT2D eigenvalue weighted by Gasteiger charge is 2.15. The van der Waals surface area contributed by atoms with Crippen LogP contribution in [0.4, 0.5) is 15.8 Å². The Morgan fingerprint density at radius 2 is 1.92 bits per heavy atom. The number of benzene rings is 2. The van der Waals surface area contributed by atoms with E-state index in [9.17, 15) is 19.3 Å². The van der Waals surface area contributed by atoms with Crippen LogP contribution in [-0.4, -0.2) is 15.9 Å². The van der Waals surface area contributed by atoms with Gasteiger partial charge < -0.3 is 5.32 Å². The molecule has 0 spiro atoms. The molecule has 0 unspecified atom stereocenters. The van der Waals surface area contributed by atoms with Gasteiger partial charge in [-0.1, -0.05) is 23.2 Å². The number of halogens is 3. The van der Waals surface area contributed by atoms with Gasteiger partial charge in [-0.3, -0.25) is 20.2 Å². The first-order valence-electron chi connectivity index (χ1n) is 6.29. The highest BCUT2D eigenvalue weighted by atomic mass is 35.5. The Hall–Kier alpha value is -2.29. The Morgan fingerprint density at radius 1 is 1.21 bits per heavy atom. The lowest BCUT2D eigenvalue weighted by atomic mass is 10.2. The van der Waals surface area contributed by atoms with Crippen LogP contribution in [0.15, 0.2) is 36.4 Å². The summed E-state index contributed by atoms with van der Waals surface area (Å²) in [7, 11) is 0. The molecule has 2 aromatic rings. The molecule has 0 aromatic heterocycles. The number of thiocarbonyl (C=S) groups is 1. The van der Waals surface area contributed by atoms with Crippen LogP contribution in [0.3, 0.4) is 0 Å². The summed E-state index contributed by atoms with van der Waals surface area (Å²) in [4.78, 5) is 22.1. The number of nitrogens with one attached hydrogen (secondary N) is 2. The minimum Gasteiger partial charge on any atom is -0.330 e. The first kappa shape index (κ1) is 18.1. The van der Waals surface area contributed by atoms with Crippen LogP contribution in [0, 0.1) is 15.9 Å². The minimum absolute atomic E-state index is 0.115. The van der Waals surface area contributed by atoms with Crippen molar-refractivity contribution in [2.45, 2.75) is 0 Å². The summed E-state index contributed by atoms with van der Waals surface area (Å²) in [6, 6.07) is 7.14. The molecule has 10 heteroatoms. The van der Waals surface area contributed by atoms with Crippen LogP contribution in [0.2, 0.25) is 10.0 Å². The van der Waals surface area contributed by atoms with Gasteiger partial charge in [0.1, 0.15) is 5.82 Å². The molecule has 0 saturated carbocycles. The molecule has 0 aliphatic carbocycles. The van der Waals surface area contributed by atoms with Gasteiger partial charge in [-0.15, -0.1) is 0 Å². The van der Waals surface area contributed by atoms with Crippen molar-refractivity contribution < 1.29 is 14.1 Å². The zero-order valence-corrected chi connectivity index (χ0v) is 14.0. The molecule has 0 aliphatic rings. The predicted molar refractivity (Wildman–Crippen MR) is 93.2 cm³/mol. The molecule has 0 radical (unpaired) electrons. The molecular formula is C14H8Cl2FN3O3S. The van der Waals surface area contributed by atoms with Crippen molar-refractivity contribution in [2.24, 2.45) is 0 Å². The highest BCUT2D eigenvalue weighted by Crippen LogP contribution is 2.22. The van der Waals surface area contributed by atoms with Crippen LogP contribution >= 0.6 is 35.4 Å². The van der Waals surface area contributed by atoms with Crippen LogP contribution < -0.4 is 10.6 Å². The van der Waals surface area contributed by atoms with Crippen molar-refractivity contribution in [2.75, 3.05) is 5.32 Å². The summed E-state index contributed by atoms with van der Waals surface area (Å²) in [6.45, 7) is 0. The Balaban J connectivity index is 2.12. The summed E-state index contributed by atoms with van der Waals surface area (Å²) in [5.41, 5.74) is -0.449. The maximum Gasteiger partial charge on any atom is 0.271 e. The summed E-state index contributed by atoms with van der Waals surface area (Å²) < 4.78 is 13.7. The number of anilines is 1. The van der Waals surface area contributed by atoms with Crippen molar-refractivity contribution in [3.8, 4) is 0 Å². The predicted octanol–water partition coefficient (Wildman–Crippen LogP) is 4.17. The van der Waals surface area contributed by atoms with Gasteiger partial charge in [0, 0.05) is 17.2 Å². The number of nitrogens with zero attached hydrogens (tertiary/aromatic N) is 1. The first-order valence-corrected chi connectivity index (χ1v) is 7.45. The summed E-state index contributed by atoms with van der Waals surface area (Å²) >= 11 is 16.5. The Bertz CT molecular complexity index is 848. The number of carbonyl (C=O) groups excluding carboxylic acids is 1. The number of amides is 1. The number of non-ortho nitro benzene ring substituents is 1. The molecule has 0 fully saturated rings. The van der Waals surface area contributed by atoms with E-state index in [0.29, 0.717) is 5.02 Å². The van der Waals surface area contributed by atoms with E-state index in [1.807, 2.05) is 0 Å². The van der Waals surface area contributed by atoms with Gasteiger partial charge in [-0.25, -0.2) is 4.39 Å². The number of hydrogen-bond donors (Lipinski definition) is 2. The van der Waals surface area contributed by atoms with E-state index in [2.05, 4.69) is 10.6 Å². The second kappa shape index (κ2) is 7.52. The zero-order chi connectivity index (χ0) is 17.9. The Morgan fingerprint density at radius 3 is 2.54 bits per heavy atom. The second-order valence-corrected chi connectivity index (χ2v) is 5.71. The number of hydrogen-bond acceptors (Lipinski definition) is 4. The van der Waals surface area contributed by atoms with E-state index >= 15 is 0 Å². The molecule has 6 nitrogen and oxygen atoms in total. The summed E-state index contributed by atoms with van der Waals surface area (Å²) in [6.07, 6.45) is 0. The van der Waals surface area contributed by atoms with Crippen molar-refractivity contribution in [1.82, 2.24) is 5.32 Å². The van der Waals surface area contributed by atoms with Crippen LogP contribution in [0.25, 0.3) is 0 Å². The largest absolute Gasteiger partial charge is 0.330 e. The second-order valence-electron chi connectivity index (χ2n) is 4.45. The molecule has 0 atom stereocenters. The molecule has 124 valence electrons. The van der Waals surface area contributed by atoms with E-state index in [4.69, 9.17) is 35.4 Å². The fraction of sp³-hybridized carbons (Fsp3) is 0. The van der Waals surface area contributed by atoms with Gasteiger partial charge in [0.15, 0.2) is 5.11 Å². The number of rotatable bonds is 3. The van der Waals surface area contributed by atoms with Gasteiger partial charge >= 0.3 is 0 Å². The van der Waals surface area contributed by atoms with Crippen molar-refractivity contribution in [1.29, 1.82) is 0 Å². The maximum absolute atomic E-state index is 13.7. The third-order valence-electron chi connectivity index (χ3n) is 2.81. The fourth-order valence-electron chi connectivity index (χ4n) is 1.72. The quantitative estimate of drug-likeness (QED) is 0.469. The smallest absolute Gasteiger partial charge is 0.271 e. The molecule has 0 bridgehead atoms. The molecule has 2 N–H and O–H groups in total. The standard InChI is InChI=1S/C14H8Cl2FN3O3S/c15-7-1-3-9(10(16)5-7)13(21)19-14(24)18-12-6-8(20(22)23)2-4-11(12)17/h1-6H,(H2,18,19,21,24). The first-order chi connectivity index (χ1) is 11.3. The highest BCUT2D eigenvalue weighted by molar-refractivity contribution is 7.80. The molecule has 0 heterocycles. The van der Waals surface area contributed by atoms with Gasteiger partial charge in [-0.05, 0) is 36.5 Å². The van der Waals surface area contributed by atoms with E-state index in [-0.39, 0.29) is 27.1 Å². The molecule has 0 aliphatic heterocycles. The lowest BCUT2D eigenvalue weighted by Gasteiger charge is -2.11. The van der Waals surface area contributed by atoms with Gasteiger partial charge in [0.25, 0.3) is 11.6 Å². The Kier molecular flexibility index (Phi) is 5.66. The SMILES string of the molecule is O=C(NC(=S)Nc1cc([N+](=O)[O-])ccc1F)c1ccc(Cl)cc1Cl. The summed E-state index contributed by atoms with van der Waals surface area (Å²) in [5, 5.41) is 15.6. The van der Waals surface area contributed by atoms with E-state index < -0.39 is 16.6 Å². The minimum atomic E-state index is -0.762. The molecule has 2 rings (SSSR count). The Labute approximate surface area is 150 Å². The van der Waals surface area contributed by atoms with Crippen molar-refractivity contribution in [3.63, 3.8) is 0 Å². The maximum atomic E-state index is 13.7. The third kappa shape index (κ3) is 4.38. The third-order valence-corrected chi connectivity index (χ3v) is 3.56. The van der Waals surface area contributed by atoms with Crippen LogP contribution in [-0.2, 0) is 0 Å². The molecule has 24 heavy (non-hydrogen) atoms. The fourth-order valence-corrected chi connectivity index (χ4v) is 2.42. The number of carbonyl (C=O) groups is 1. The van der Waals surface area contributed by atoms with Gasteiger partial charge in [-0.2, -0.15) is 0 Å². The van der Waals surface area contributed by atoms with Gasteiger partial charge in [0.2, 0.25) is 0 Å². The average molecular weight is 388 g/mol. The normalized spacial score (nSPS) is 10.1. The molecule has 1 amide bonds. The molecular weight excluding hydrogens is 380 g/mol. The van der Waals surface area contributed by atoms with E-state index in [0.717, 1.165) is 18.2 Å². The number of nitro benzene ring substituents is 1. The van der Waals surface area contributed by atoms with E-state index in [1.165, 1.54) is 18.2 Å². The van der Waals surface area contributed by atoms with Gasteiger partial charge in [0.05, 0.1) is 21.2 Å². The lowest BCUT2D eigenvalue weighted by Crippen LogP contribution is -2.34. The van der Waals surface area contributed by atoms with Crippen LogP contribution in [0.5, 0.6) is 0 Å². The topological polar surface area (TPSA) is 84.3 Å². The molecule has 2 aromatic carbocycles.